The van der Waals surface area contributed by atoms with Gasteiger partial charge >= 0.3 is 5.97 Å². The van der Waals surface area contributed by atoms with Crippen molar-refractivity contribution in [3.63, 3.8) is 0 Å². The third kappa shape index (κ3) is 5.38. The van der Waals surface area contributed by atoms with E-state index in [0.717, 1.165) is 0 Å². The van der Waals surface area contributed by atoms with Gasteiger partial charge in [-0.3, -0.25) is 14.9 Å². The van der Waals surface area contributed by atoms with Crippen LogP contribution in [0.5, 0.6) is 0 Å². The molecule has 30 heavy (non-hydrogen) atoms. The van der Waals surface area contributed by atoms with Crippen molar-refractivity contribution in [3.05, 3.63) is 98.0 Å². The number of Topliss-reactive ketones (excluding diaryl/α,β-unsaturated/α-hetero) is 1. The largest absolute Gasteiger partial charge is 0.454 e. The Balaban J connectivity index is 1.70. The SMILES string of the molecule is O=C(COC(=O)c1ccccc1Sc1ccc([N+](=O)[O-])cc1)c1ccc(Cl)cc1Cl. The van der Waals surface area contributed by atoms with E-state index in [9.17, 15) is 19.7 Å². The standard InChI is InChI=1S/C21H13Cl2NO5S/c22-13-5-10-16(18(23)11-13)19(25)12-29-21(26)17-3-1-2-4-20(17)30-15-8-6-14(7-9-15)24(27)28/h1-11H,12H2. The van der Waals surface area contributed by atoms with Crippen LogP contribution in [0.1, 0.15) is 20.7 Å². The number of ketones is 1. The lowest BCUT2D eigenvalue weighted by molar-refractivity contribution is -0.384. The van der Waals surface area contributed by atoms with Gasteiger partial charge in [-0.05, 0) is 42.5 Å². The number of non-ortho nitro benzene ring substituents is 1. The van der Waals surface area contributed by atoms with E-state index < -0.39 is 23.3 Å². The van der Waals surface area contributed by atoms with Crippen LogP contribution in [0, 0.1) is 10.1 Å². The van der Waals surface area contributed by atoms with Crippen LogP contribution < -0.4 is 0 Å². The molecule has 0 aromatic heterocycles. The molecule has 0 unspecified atom stereocenters. The highest BCUT2D eigenvalue weighted by atomic mass is 35.5. The number of carbonyl (C=O) groups excluding carboxylic acids is 2. The van der Waals surface area contributed by atoms with Crippen molar-refractivity contribution in [1.29, 1.82) is 0 Å². The van der Waals surface area contributed by atoms with E-state index >= 15 is 0 Å². The van der Waals surface area contributed by atoms with E-state index in [0.29, 0.717) is 14.8 Å². The number of carbonyl (C=O) groups is 2. The number of ether oxygens (including phenoxy) is 1. The molecule has 0 N–H and O–H groups in total. The minimum atomic E-state index is -0.668. The Morgan fingerprint density at radius 3 is 2.33 bits per heavy atom. The second-order valence-electron chi connectivity index (χ2n) is 5.97. The van der Waals surface area contributed by atoms with E-state index in [4.69, 9.17) is 27.9 Å². The molecule has 0 aliphatic heterocycles. The van der Waals surface area contributed by atoms with Crippen LogP contribution in [-0.4, -0.2) is 23.3 Å². The summed E-state index contributed by atoms with van der Waals surface area (Å²) in [5.74, 6) is -1.12. The van der Waals surface area contributed by atoms with Gasteiger partial charge in [0.1, 0.15) is 0 Å². The molecule has 0 radical (unpaired) electrons. The van der Waals surface area contributed by atoms with Gasteiger partial charge in [-0.25, -0.2) is 4.79 Å². The molecule has 3 aromatic rings. The smallest absolute Gasteiger partial charge is 0.339 e. The topological polar surface area (TPSA) is 86.5 Å². The summed E-state index contributed by atoms with van der Waals surface area (Å²) in [6.07, 6.45) is 0. The van der Waals surface area contributed by atoms with Crippen LogP contribution in [-0.2, 0) is 4.74 Å². The molecule has 0 saturated heterocycles. The molecule has 0 heterocycles. The minimum absolute atomic E-state index is 0.0218. The van der Waals surface area contributed by atoms with Gasteiger partial charge in [-0.2, -0.15) is 0 Å². The van der Waals surface area contributed by atoms with E-state index in [1.54, 1.807) is 36.4 Å². The fraction of sp³-hybridized carbons (Fsp3) is 0.0476. The maximum absolute atomic E-state index is 12.5. The number of hydrogen-bond acceptors (Lipinski definition) is 6. The number of nitrogens with zero attached hydrogens (tertiary/aromatic N) is 1. The highest BCUT2D eigenvalue weighted by Gasteiger charge is 2.17. The fourth-order valence-electron chi connectivity index (χ4n) is 2.49. The molecule has 0 aliphatic carbocycles. The second-order valence-corrected chi connectivity index (χ2v) is 7.93. The lowest BCUT2D eigenvalue weighted by Crippen LogP contribution is -2.15. The molecule has 0 aliphatic rings. The quantitative estimate of drug-likeness (QED) is 0.183. The molecule has 3 rings (SSSR count). The van der Waals surface area contributed by atoms with E-state index in [-0.39, 0.29) is 21.8 Å². The van der Waals surface area contributed by atoms with Crippen molar-refractivity contribution in [1.82, 2.24) is 0 Å². The molecule has 0 atom stereocenters. The first-order valence-corrected chi connectivity index (χ1v) is 10.1. The predicted octanol–water partition coefficient (Wildman–Crippen LogP) is 6.09. The summed E-state index contributed by atoms with van der Waals surface area (Å²) in [5.41, 5.74) is 0.463. The van der Waals surface area contributed by atoms with Crippen molar-refractivity contribution in [3.8, 4) is 0 Å². The molecular formula is C21H13Cl2NO5S. The molecule has 0 fully saturated rings. The molecule has 3 aromatic carbocycles. The number of benzene rings is 3. The lowest BCUT2D eigenvalue weighted by Gasteiger charge is -2.10. The van der Waals surface area contributed by atoms with Crippen molar-refractivity contribution in [2.75, 3.05) is 6.61 Å². The number of nitro groups is 1. The van der Waals surface area contributed by atoms with E-state index in [1.807, 2.05) is 0 Å². The maximum atomic E-state index is 12.5. The highest BCUT2D eigenvalue weighted by Crippen LogP contribution is 2.32. The average molecular weight is 462 g/mol. The first kappa shape index (κ1) is 21.8. The highest BCUT2D eigenvalue weighted by molar-refractivity contribution is 7.99. The van der Waals surface area contributed by atoms with Crippen molar-refractivity contribution < 1.29 is 19.2 Å². The first-order chi connectivity index (χ1) is 14.3. The van der Waals surface area contributed by atoms with Gasteiger partial charge in [0.15, 0.2) is 6.61 Å². The van der Waals surface area contributed by atoms with Gasteiger partial charge in [-0.15, -0.1) is 0 Å². The average Bonchev–Trinajstić information content (AvgIpc) is 2.72. The zero-order valence-corrected chi connectivity index (χ0v) is 17.5. The second kappa shape index (κ2) is 9.75. The van der Waals surface area contributed by atoms with Crippen molar-refractivity contribution in [2.45, 2.75) is 9.79 Å². The third-order valence-corrected chi connectivity index (χ3v) is 5.58. The maximum Gasteiger partial charge on any atom is 0.339 e. The number of hydrogen-bond donors (Lipinski definition) is 0. The Morgan fingerprint density at radius 2 is 1.67 bits per heavy atom. The zero-order valence-electron chi connectivity index (χ0n) is 15.2. The molecule has 0 spiro atoms. The van der Waals surface area contributed by atoms with Gasteiger partial charge < -0.3 is 4.74 Å². The number of nitro benzene ring substituents is 1. The molecule has 152 valence electrons. The summed E-state index contributed by atoms with van der Waals surface area (Å²) in [6.45, 7) is -0.475. The fourth-order valence-corrected chi connectivity index (χ4v) is 3.94. The van der Waals surface area contributed by atoms with Crippen molar-refractivity contribution >= 4 is 52.4 Å². The van der Waals surface area contributed by atoms with Crippen LogP contribution in [0.4, 0.5) is 5.69 Å². The summed E-state index contributed by atoms with van der Waals surface area (Å²) in [5, 5.41) is 11.3. The predicted molar refractivity (Wildman–Crippen MR) is 115 cm³/mol. The number of rotatable bonds is 7. The monoisotopic (exact) mass is 461 g/mol. The van der Waals surface area contributed by atoms with Gasteiger partial charge in [0, 0.05) is 32.5 Å². The molecule has 0 amide bonds. The first-order valence-electron chi connectivity index (χ1n) is 8.52. The van der Waals surface area contributed by atoms with E-state index in [2.05, 4.69) is 0 Å². The third-order valence-electron chi connectivity index (χ3n) is 3.95. The van der Waals surface area contributed by atoms with Gasteiger partial charge in [0.2, 0.25) is 5.78 Å². The van der Waals surface area contributed by atoms with Gasteiger partial charge in [0.25, 0.3) is 5.69 Å². The Kier molecular flexibility index (Phi) is 7.10. The van der Waals surface area contributed by atoms with Crippen LogP contribution >= 0.6 is 35.0 Å². The van der Waals surface area contributed by atoms with E-state index in [1.165, 1.54) is 42.1 Å². The van der Waals surface area contributed by atoms with Gasteiger partial charge in [0.05, 0.1) is 15.5 Å². The van der Waals surface area contributed by atoms with Crippen LogP contribution in [0.15, 0.2) is 76.5 Å². The van der Waals surface area contributed by atoms with Crippen LogP contribution in [0.25, 0.3) is 0 Å². The Hall–Kier alpha value is -2.87. The Labute approximate surface area is 185 Å². The minimum Gasteiger partial charge on any atom is -0.454 e. The zero-order chi connectivity index (χ0) is 21.7. The number of halogens is 2. The summed E-state index contributed by atoms with van der Waals surface area (Å²) >= 11 is 13.1. The molecule has 0 bridgehead atoms. The molecular weight excluding hydrogens is 449 g/mol. The van der Waals surface area contributed by atoms with Gasteiger partial charge in [-0.1, -0.05) is 47.1 Å². The molecule has 6 nitrogen and oxygen atoms in total. The van der Waals surface area contributed by atoms with Crippen LogP contribution in [0.3, 0.4) is 0 Å². The van der Waals surface area contributed by atoms with Crippen LogP contribution in [0.2, 0.25) is 10.0 Å². The molecule has 0 saturated carbocycles. The summed E-state index contributed by atoms with van der Waals surface area (Å²) in [7, 11) is 0. The Morgan fingerprint density at radius 1 is 0.967 bits per heavy atom. The number of esters is 1. The lowest BCUT2D eigenvalue weighted by atomic mass is 10.1. The summed E-state index contributed by atoms with van der Waals surface area (Å²) in [4.78, 5) is 36.5. The Bertz CT molecular complexity index is 1120. The van der Waals surface area contributed by atoms with Crippen molar-refractivity contribution in [2.24, 2.45) is 0 Å². The molecule has 9 heteroatoms. The summed E-state index contributed by atoms with van der Waals surface area (Å²) in [6, 6.07) is 17.1. The summed E-state index contributed by atoms with van der Waals surface area (Å²) < 4.78 is 5.18. The normalized spacial score (nSPS) is 10.5.